The van der Waals surface area contributed by atoms with Crippen LogP contribution in [-0.2, 0) is 14.3 Å². The van der Waals surface area contributed by atoms with Gasteiger partial charge in [-0.25, -0.2) is 0 Å². The second-order valence-electron chi connectivity index (χ2n) is 3.12. The van der Waals surface area contributed by atoms with Gasteiger partial charge in [-0.1, -0.05) is 6.58 Å². The van der Waals surface area contributed by atoms with Crippen molar-refractivity contribution in [2.45, 2.75) is 12.8 Å². The van der Waals surface area contributed by atoms with Crippen LogP contribution in [0.15, 0.2) is 18.4 Å². The summed E-state index contributed by atoms with van der Waals surface area (Å²) in [6.45, 7) is 3.47. The van der Waals surface area contributed by atoms with Gasteiger partial charge in [0.05, 0.1) is 18.3 Å². The summed E-state index contributed by atoms with van der Waals surface area (Å²) in [5, 5.41) is 8.62. The number of aliphatic carboxylic acids is 1. The van der Waals surface area contributed by atoms with Crippen molar-refractivity contribution in [3.63, 3.8) is 0 Å². The number of hydrogen-bond acceptors (Lipinski definition) is 3. The molecule has 0 saturated carbocycles. The van der Waals surface area contributed by atoms with Crippen molar-refractivity contribution < 1.29 is 19.4 Å². The fourth-order valence-corrected chi connectivity index (χ4v) is 1.39. The van der Waals surface area contributed by atoms with Crippen molar-refractivity contribution in [1.29, 1.82) is 0 Å². The summed E-state index contributed by atoms with van der Waals surface area (Å²) in [7, 11) is 0. The van der Waals surface area contributed by atoms with E-state index in [2.05, 4.69) is 12.3 Å². The third-order valence-electron chi connectivity index (χ3n) is 1.93. The number of cyclic esters (lactones) is 1. The molecule has 1 saturated heterocycles. The van der Waals surface area contributed by atoms with Crippen molar-refractivity contribution in [1.82, 2.24) is 0 Å². The second kappa shape index (κ2) is 3.46. The van der Waals surface area contributed by atoms with Crippen molar-refractivity contribution in [2.24, 2.45) is 5.41 Å². The van der Waals surface area contributed by atoms with Crippen LogP contribution in [0.4, 0.5) is 0 Å². The molecule has 0 radical (unpaired) electrons. The molecule has 0 bridgehead atoms. The Bertz CT molecular complexity index is 288. The molecule has 0 aromatic carbocycles. The molecule has 1 heterocycles. The van der Waals surface area contributed by atoms with E-state index >= 15 is 0 Å². The standard InChI is InChI=1S/C9H10O4/c1-2-3-9(4-7(10)11)5-8(12)13-6-9/h3H,1,4-6H2,(H,10,11). The maximum atomic E-state index is 10.8. The number of carbonyl (C=O) groups is 2. The van der Waals surface area contributed by atoms with Crippen LogP contribution in [0.25, 0.3) is 0 Å². The number of carbonyl (C=O) groups excluding carboxylic acids is 1. The number of carboxylic acid groups (broad SMARTS) is 1. The zero-order valence-electron chi connectivity index (χ0n) is 7.08. The molecule has 4 nitrogen and oxygen atoms in total. The van der Waals surface area contributed by atoms with Gasteiger partial charge in [0.1, 0.15) is 6.61 Å². The van der Waals surface area contributed by atoms with Crippen LogP contribution in [-0.4, -0.2) is 23.7 Å². The number of hydrogen-bond donors (Lipinski definition) is 1. The third-order valence-corrected chi connectivity index (χ3v) is 1.93. The fourth-order valence-electron chi connectivity index (χ4n) is 1.39. The molecule has 70 valence electrons. The maximum Gasteiger partial charge on any atom is 0.306 e. The molecule has 4 heteroatoms. The SMILES string of the molecule is C=C=CC1(CC(=O)O)COC(=O)C1. The highest BCUT2D eigenvalue weighted by atomic mass is 16.5. The van der Waals surface area contributed by atoms with E-state index in [0.29, 0.717) is 0 Å². The van der Waals surface area contributed by atoms with Gasteiger partial charge in [0.25, 0.3) is 0 Å². The summed E-state index contributed by atoms with van der Waals surface area (Å²) in [6, 6.07) is 0. The predicted molar refractivity (Wildman–Crippen MR) is 44.0 cm³/mol. The molecule has 1 unspecified atom stereocenters. The molecule has 1 fully saturated rings. The lowest BCUT2D eigenvalue weighted by atomic mass is 9.84. The van der Waals surface area contributed by atoms with E-state index in [-0.39, 0.29) is 25.4 Å². The molecular weight excluding hydrogens is 172 g/mol. The Hall–Kier alpha value is -1.54. The first-order valence-corrected chi connectivity index (χ1v) is 3.82. The van der Waals surface area contributed by atoms with Gasteiger partial charge in [-0.3, -0.25) is 9.59 Å². The molecule has 0 aliphatic carbocycles. The minimum atomic E-state index is -0.954. The summed E-state index contributed by atoms with van der Waals surface area (Å²) in [6.07, 6.45) is 1.48. The van der Waals surface area contributed by atoms with E-state index in [4.69, 9.17) is 9.84 Å². The van der Waals surface area contributed by atoms with E-state index < -0.39 is 11.4 Å². The van der Waals surface area contributed by atoms with Crippen LogP contribution in [0.5, 0.6) is 0 Å². The molecule has 0 amide bonds. The Balaban J connectivity index is 2.82. The lowest BCUT2D eigenvalue weighted by molar-refractivity contribution is -0.139. The molecule has 1 aliphatic heterocycles. The normalized spacial score (nSPS) is 26.3. The zero-order valence-corrected chi connectivity index (χ0v) is 7.08. The third kappa shape index (κ3) is 2.20. The van der Waals surface area contributed by atoms with E-state index in [0.717, 1.165) is 0 Å². The van der Waals surface area contributed by atoms with Crippen molar-refractivity contribution in [3.8, 4) is 0 Å². The summed E-state index contributed by atoms with van der Waals surface area (Å²) in [5.74, 6) is -1.32. The molecule has 1 rings (SSSR count). The first-order chi connectivity index (χ1) is 6.08. The minimum absolute atomic E-state index is 0.0990. The molecule has 13 heavy (non-hydrogen) atoms. The Morgan fingerprint density at radius 2 is 2.54 bits per heavy atom. The molecule has 1 atom stereocenters. The highest BCUT2D eigenvalue weighted by Gasteiger charge is 2.40. The molecule has 0 aromatic heterocycles. The van der Waals surface area contributed by atoms with Crippen LogP contribution in [0, 0.1) is 5.41 Å². The van der Waals surface area contributed by atoms with Gasteiger partial charge in [0.15, 0.2) is 0 Å². The second-order valence-corrected chi connectivity index (χ2v) is 3.12. The van der Waals surface area contributed by atoms with Crippen LogP contribution in [0.1, 0.15) is 12.8 Å². The van der Waals surface area contributed by atoms with Crippen LogP contribution in [0.3, 0.4) is 0 Å². The van der Waals surface area contributed by atoms with E-state index in [1.807, 2.05) is 0 Å². The van der Waals surface area contributed by atoms with Gasteiger partial charge in [0.2, 0.25) is 0 Å². The average Bonchev–Trinajstić information content (AvgIpc) is 2.31. The highest BCUT2D eigenvalue weighted by Crippen LogP contribution is 2.34. The summed E-state index contributed by atoms with van der Waals surface area (Å²) < 4.78 is 4.72. The largest absolute Gasteiger partial charge is 0.481 e. The molecular formula is C9H10O4. The number of esters is 1. The molecule has 1 aliphatic rings. The summed E-state index contributed by atoms with van der Waals surface area (Å²) >= 11 is 0. The van der Waals surface area contributed by atoms with Gasteiger partial charge in [-0.2, -0.15) is 0 Å². The quantitative estimate of drug-likeness (QED) is 0.516. The Morgan fingerprint density at radius 1 is 1.85 bits per heavy atom. The molecule has 0 spiro atoms. The van der Waals surface area contributed by atoms with E-state index in [1.54, 1.807) is 0 Å². The number of ether oxygens (including phenoxy) is 1. The van der Waals surface area contributed by atoms with Gasteiger partial charge in [0, 0.05) is 0 Å². The van der Waals surface area contributed by atoms with Crippen LogP contribution >= 0.6 is 0 Å². The monoisotopic (exact) mass is 182 g/mol. The first-order valence-electron chi connectivity index (χ1n) is 3.82. The van der Waals surface area contributed by atoms with Gasteiger partial charge < -0.3 is 9.84 Å². The molecule has 1 N–H and O–H groups in total. The van der Waals surface area contributed by atoms with E-state index in [9.17, 15) is 9.59 Å². The Labute approximate surface area is 75.5 Å². The minimum Gasteiger partial charge on any atom is -0.481 e. The maximum absolute atomic E-state index is 10.8. The Kier molecular flexibility index (Phi) is 2.54. The van der Waals surface area contributed by atoms with Crippen molar-refractivity contribution in [3.05, 3.63) is 18.4 Å². The van der Waals surface area contributed by atoms with Crippen LogP contribution < -0.4 is 0 Å². The topological polar surface area (TPSA) is 63.6 Å². The van der Waals surface area contributed by atoms with Gasteiger partial charge in [-0.05, 0) is 6.08 Å². The molecule has 0 aromatic rings. The zero-order chi connectivity index (χ0) is 9.90. The lowest BCUT2D eigenvalue weighted by Crippen LogP contribution is -2.22. The lowest BCUT2D eigenvalue weighted by Gasteiger charge is -2.16. The summed E-state index contributed by atoms with van der Waals surface area (Å²) in [5.41, 5.74) is 1.77. The van der Waals surface area contributed by atoms with Gasteiger partial charge >= 0.3 is 11.9 Å². The van der Waals surface area contributed by atoms with Crippen LogP contribution in [0.2, 0.25) is 0 Å². The number of carboxylic acids is 1. The predicted octanol–water partition coefficient (Wildman–Crippen LogP) is 0.735. The highest BCUT2D eigenvalue weighted by molar-refractivity contribution is 5.76. The summed E-state index contributed by atoms with van der Waals surface area (Å²) in [4.78, 5) is 21.3. The average molecular weight is 182 g/mol. The number of rotatable bonds is 3. The van der Waals surface area contributed by atoms with Gasteiger partial charge in [-0.15, -0.1) is 5.73 Å². The first kappa shape index (κ1) is 9.55. The van der Waals surface area contributed by atoms with Crippen molar-refractivity contribution in [2.75, 3.05) is 6.61 Å². The smallest absolute Gasteiger partial charge is 0.306 e. The Morgan fingerprint density at radius 3 is 2.92 bits per heavy atom. The van der Waals surface area contributed by atoms with E-state index in [1.165, 1.54) is 6.08 Å². The fraction of sp³-hybridized carbons (Fsp3) is 0.444. The van der Waals surface area contributed by atoms with Crippen molar-refractivity contribution >= 4 is 11.9 Å².